The van der Waals surface area contributed by atoms with Crippen molar-refractivity contribution >= 4 is 6.09 Å². The zero-order valence-electron chi connectivity index (χ0n) is 11.2. The van der Waals surface area contributed by atoms with E-state index < -0.39 is 6.09 Å². The highest BCUT2D eigenvalue weighted by Gasteiger charge is 2.36. The smallest absolute Gasteiger partial charge is 0.421 e. The Bertz CT molecular complexity index is 464. The summed E-state index contributed by atoms with van der Waals surface area (Å²) in [6, 6.07) is -0.353. The van der Waals surface area contributed by atoms with Crippen molar-refractivity contribution in [3.05, 3.63) is 29.7 Å². The predicted octanol–water partition coefficient (Wildman–Crippen LogP) is 1.73. The van der Waals surface area contributed by atoms with Gasteiger partial charge in [0.2, 0.25) is 0 Å². The van der Waals surface area contributed by atoms with Crippen LogP contribution in [0.2, 0.25) is 0 Å². The molecule has 6 heteroatoms. The van der Waals surface area contributed by atoms with E-state index in [1.54, 1.807) is 12.4 Å². The lowest BCUT2D eigenvalue weighted by molar-refractivity contribution is 0.116. The van der Waals surface area contributed by atoms with Crippen LogP contribution in [-0.2, 0) is 6.42 Å². The van der Waals surface area contributed by atoms with Crippen LogP contribution in [0.5, 0.6) is 0 Å². The second kappa shape index (κ2) is 5.52. The first-order valence-electron chi connectivity index (χ1n) is 6.39. The topological polar surface area (TPSA) is 92.3 Å². The van der Waals surface area contributed by atoms with Crippen molar-refractivity contribution in [2.75, 3.05) is 0 Å². The Morgan fingerprint density at radius 1 is 1.47 bits per heavy atom. The molecule has 1 amide bonds. The number of hydrogen-bond acceptors (Lipinski definition) is 4. The number of carboxylic acid groups (broad SMARTS) is 1. The molecule has 1 aliphatic rings. The van der Waals surface area contributed by atoms with E-state index in [9.17, 15) is 4.79 Å². The third-order valence-corrected chi connectivity index (χ3v) is 3.58. The Morgan fingerprint density at radius 3 is 2.79 bits per heavy atom. The van der Waals surface area contributed by atoms with Crippen LogP contribution in [0.25, 0.3) is 0 Å². The minimum absolute atomic E-state index is 0.0106. The second-order valence-corrected chi connectivity index (χ2v) is 5.10. The molecule has 19 heavy (non-hydrogen) atoms. The molecule has 1 aromatic heterocycles. The van der Waals surface area contributed by atoms with E-state index in [2.05, 4.69) is 9.97 Å². The molecule has 1 unspecified atom stereocenters. The summed E-state index contributed by atoms with van der Waals surface area (Å²) in [5.74, 6) is 6.67. The van der Waals surface area contributed by atoms with Gasteiger partial charge >= 0.3 is 6.09 Å². The fraction of sp³-hybridized carbons (Fsp3) is 0.538. The van der Waals surface area contributed by atoms with Gasteiger partial charge in [0.05, 0.1) is 17.4 Å². The number of aromatic nitrogens is 2. The molecule has 0 aliphatic heterocycles. The van der Waals surface area contributed by atoms with Gasteiger partial charge in [-0.15, -0.1) is 0 Å². The monoisotopic (exact) mass is 263 g/mol. The molecule has 0 saturated carbocycles. The number of nitrogens with two attached hydrogens (primary N) is 1. The van der Waals surface area contributed by atoms with Crippen molar-refractivity contribution in [2.45, 2.75) is 45.1 Å². The Morgan fingerprint density at radius 2 is 2.16 bits per heavy atom. The van der Waals surface area contributed by atoms with Crippen LogP contribution in [0.4, 0.5) is 4.79 Å². The van der Waals surface area contributed by atoms with Crippen molar-refractivity contribution in [1.82, 2.24) is 15.0 Å². The molecule has 6 nitrogen and oxygen atoms in total. The van der Waals surface area contributed by atoms with E-state index >= 15 is 0 Å². The van der Waals surface area contributed by atoms with Gasteiger partial charge in [-0.25, -0.2) is 15.6 Å². The van der Waals surface area contributed by atoms with Crippen LogP contribution in [0.1, 0.15) is 44.0 Å². The van der Waals surface area contributed by atoms with E-state index in [-0.39, 0.29) is 12.0 Å². The lowest BCUT2D eigenvalue weighted by Gasteiger charge is -2.36. The van der Waals surface area contributed by atoms with Gasteiger partial charge in [0.15, 0.2) is 0 Å². The Kier molecular flexibility index (Phi) is 3.99. The van der Waals surface area contributed by atoms with E-state index in [0.717, 1.165) is 41.6 Å². The highest BCUT2D eigenvalue weighted by molar-refractivity contribution is 5.65. The molecule has 0 aromatic carbocycles. The molecule has 2 rings (SSSR count). The van der Waals surface area contributed by atoms with Crippen LogP contribution in [0.15, 0.2) is 12.4 Å². The molecule has 0 fully saturated rings. The van der Waals surface area contributed by atoms with E-state index in [4.69, 9.17) is 10.9 Å². The molecule has 1 radical (unpaired) electrons. The lowest BCUT2D eigenvalue weighted by atomic mass is 9.79. The van der Waals surface area contributed by atoms with Gasteiger partial charge in [0, 0.05) is 18.3 Å². The van der Waals surface area contributed by atoms with Gasteiger partial charge in [-0.05, 0) is 25.2 Å². The summed E-state index contributed by atoms with van der Waals surface area (Å²) >= 11 is 0. The zero-order valence-corrected chi connectivity index (χ0v) is 11.2. The van der Waals surface area contributed by atoms with Crippen LogP contribution < -0.4 is 5.84 Å². The molecular formula is C13H19N4O2. The minimum atomic E-state index is -1.12. The minimum Gasteiger partial charge on any atom is -0.464 e. The third-order valence-electron chi connectivity index (χ3n) is 3.58. The Balaban J connectivity index is 2.36. The third kappa shape index (κ3) is 2.68. The molecule has 1 heterocycles. The van der Waals surface area contributed by atoms with Crippen LogP contribution >= 0.6 is 0 Å². The summed E-state index contributed by atoms with van der Waals surface area (Å²) in [5, 5.41) is 10.0. The van der Waals surface area contributed by atoms with Gasteiger partial charge in [-0.3, -0.25) is 9.97 Å². The predicted molar refractivity (Wildman–Crippen MR) is 70.1 cm³/mol. The van der Waals surface area contributed by atoms with Gasteiger partial charge in [0.25, 0.3) is 0 Å². The van der Waals surface area contributed by atoms with Crippen molar-refractivity contribution in [1.29, 1.82) is 0 Å². The van der Waals surface area contributed by atoms with Crippen molar-refractivity contribution in [3.8, 4) is 0 Å². The highest BCUT2D eigenvalue weighted by atomic mass is 16.4. The number of amides is 1. The number of rotatable bonds is 3. The molecule has 3 N–H and O–H groups in total. The van der Waals surface area contributed by atoms with Crippen LogP contribution in [0.3, 0.4) is 0 Å². The van der Waals surface area contributed by atoms with Crippen molar-refractivity contribution < 1.29 is 9.90 Å². The maximum atomic E-state index is 11.2. The number of fused-ring (bicyclic) bond motifs is 1. The van der Waals surface area contributed by atoms with E-state index in [1.807, 2.05) is 13.8 Å². The first-order valence-corrected chi connectivity index (χ1v) is 6.39. The largest absolute Gasteiger partial charge is 0.464 e. The average Bonchev–Trinajstić information content (AvgIpc) is 2.38. The fourth-order valence-corrected chi connectivity index (χ4v) is 2.81. The fourth-order valence-electron chi connectivity index (χ4n) is 2.81. The standard InChI is InChI=1S/C13H19N4O2/c1-8(2)12(17(14)13(18)19)9-4-3-5-10-11(9)16-7-6-15-10/h6-7,9,12H,3-5,14H2,1-2H3,(H,18,19)/t9-,12?/m0/s1. The highest BCUT2D eigenvalue weighted by Crippen LogP contribution is 2.36. The SMILES string of the molecule is C[C](C)C([C@H]1CCCc2nccnc21)N(N)C(=O)O. The van der Waals surface area contributed by atoms with Gasteiger partial charge in [-0.2, -0.15) is 0 Å². The molecule has 2 atom stereocenters. The van der Waals surface area contributed by atoms with Gasteiger partial charge < -0.3 is 5.11 Å². The van der Waals surface area contributed by atoms with Crippen LogP contribution in [-0.4, -0.2) is 32.2 Å². The molecule has 0 spiro atoms. The zero-order chi connectivity index (χ0) is 14.0. The molecule has 0 bridgehead atoms. The number of nitrogens with zero attached hydrogens (tertiary/aromatic N) is 3. The normalized spacial score (nSPS) is 19.9. The quantitative estimate of drug-likeness (QED) is 0.492. The van der Waals surface area contributed by atoms with Crippen molar-refractivity contribution in [2.24, 2.45) is 5.84 Å². The number of hydrazine groups is 1. The maximum absolute atomic E-state index is 11.2. The molecule has 1 aliphatic carbocycles. The Labute approximate surface area is 112 Å². The summed E-state index contributed by atoms with van der Waals surface area (Å²) in [6.07, 6.45) is 4.96. The molecule has 0 saturated heterocycles. The summed E-state index contributed by atoms with van der Waals surface area (Å²) < 4.78 is 0. The van der Waals surface area contributed by atoms with Gasteiger partial charge in [0.1, 0.15) is 0 Å². The molecule has 103 valence electrons. The Hall–Kier alpha value is -1.69. The maximum Gasteiger partial charge on any atom is 0.421 e. The lowest BCUT2D eigenvalue weighted by Crippen LogP contribution is -2.50. The summed E-state index contributed by atoms with van der Waals surface area (Å²) in [4.78, 5) is 19.9. The number of aryl methyl sites for hydroxylation is 1. The number of carbonyl (C=O) groups is 1. The first kappa shape index (κ1) is 13.7. The number of hydrogen-bond donors (Lipinski definition) is 2. The second-order valence-electron chi connectivity index (χ2n) is 5.10. The summed E-state index contributed by atoms with van der Waals surface area (Å²) in [7, 11) is 0. The van der Waals surface area contributed by atoms with Crippen molar-refractivity contribution in [3.63, 3.8) is 0 Å². The molecular weight excluding hydrogens is 244 g/mol. The summed E-state index contributed by atoms with van der Waals surface area (Å²) in [6.45, 7) is 3.80. The van der Waals surface area contributed by atoms with E-state index in [1.165, 1.54) is 0 Å². The molecule has 1 aromatic rings. The van der Waals surface area contributed by atoms with Crippen LogP contribution in [0, 0.1) is 5.92 Å². The van der Waals surface area contributed by atoms with E-state index in [0.29, 0.717) is 0 Å². The van der Waals surface area contributed by atoms with Gasteiger partial charge in [-0.1, -0.05) is 13.8 Å². The average molecular weight is 263 g/mol. The summed E-state index contributed by atoms with van der Waals surface area (Å²) in [5.41, 5.74) is 1.85. The first-order chi connectivity index (χ1) is 9.02.